The van der Waals surface area contributed by atoms with Crippen LogP contribution in [0, 0.1) is 5.82 Å². The number of carbonyl (C=O) groups is 2. The fourth-order valence-electron chi connectivity index (χ4n) is 4.42. The number of fused-ring (bicyclic) bond motifs is 1. The van der Waals surface area contributed by atoms with Crippen molar-refractivity contribution < 1.29 is 23.5 Å². The molecule has 2 amide bonds. The van der Waals surface area contributed by atoms with Crippen molar-refractivity contribution in [3.05, 3.63) is 95.3 Å². The summed E-state index contributed by atoms with van der Waals surface area (Å²) < 4.78 is 24.9. The lowest BCUT2D eigenvalue weighted by Gasteiger charge is -2.32. The van der Waals surface area contributed by atoms with E-state index in [1.54, 1.807) is 17.0 Å². The fourth-order valence-corrected chi connectivity index (χ4v) is 4.42. The molecular formula is C31H35FN2O4. The first kappa shape index (κ1) is 27.2. The first-order chi connectivity index (χ1) is 18.4. The van der Waals surface area contributed by atoms with Gasteiger partial charge >= 0.3 is 0 Å². The zero-order chi connectivity index (χ0) is 26.9. The maximum absolute atomic E-state index is 13.8. The normalized spacial score (nSPS) is 13.9. The van der Waals surface area contributed by atoms with Crippen molar-refractivity contribution in [2.24, 2.45) is 0 Å². The van der Waals surface area contributed by atoms with Crippen LogP contribution >= 0.6 is 0 Å². The van der Waals surface area contributed by atoms with E-state index in [4.69, 9.17) is 9.47 Å². The summed E-state index contributed by atoms with van der Waals surface area (Å²) in [6.45, 7) is 5.17. The van der Waals surface area contributed by atoms with E-state index in [0.717, 1.165) is 23.1 Å². The highest BCUT2D eigenvalue weighted by molar-refractivity contribution is 5.88. The molecule has 7 heteroatoms. The van der Waals surface area contributed by atoms with Gasteiger partial charge in [-0.1, -0.05) is 55.5 Å². The van der Waals surface area contributed by atoms with Gasteiger partial charge in [-0.2, -0.15) is 0 Å². The van der Waals surface area contributed by atoms with Gasteiger partial charge in [0, 0.05) is 25.4 Å². The monoisotopic (exact) mass is 518 g/mol. The smallest absolute Gasteiger partial charge is 0.243 e. The van der Waals surface area contributed by atoms with Crippen molar-refractivity contribution in [2.45, 2.75) is 58.2 Å². The lowest BCUT2D eigenvalue weighted by molar-refractivity contribution is -0.141. The fraction of sp³-hybridized carbons (Fsp3) is 0.355. The Morgan fingerprint density at radius 2 is 1.61 bits per heavy atom. The minimum Gasteiger partial charge on any atom is -0.486 e. The van der Waals surface area contributed by atoms with Gasteiger partial charge in [0.05, 0.1) is 0 Å². The number of aryl methyl sites for hydroxylation is 1. The second-order valence-electron chi connectivity index (χ2n) is 9.65. The number of ether oxygens (including phenoxy) is 2. The third-order valence-corrected chi connectivity index (χ3v) is 6.77. The molecule has 0 bridgehead atoms. The van der Waals surface area contributed by atoms with E-state index >= 15 is 0 Å². The van der Waals surface area contributed by atoms with Crippen LogP contribution in [0.25, 0.3) is 0 Å². The lowest BCUT2D eigenvalue weighted by atomic mass is 10.0. The highest BCUT2D eigenvalue weighted by Gasteiger charge is 2.31. The molecule has 200 valence electrons. The summed E-state index contributed by atoms with van der Waals surface area (Å²) in [6, 6.07) is 20.7. The molecule has 1 N–H and O–H groups in total. The van der Waals surface area contributed by atoms with Crippen LogP contribution in [-0.4, -0.2) is 42.0 Å². The van der Waals surface area contributed by atoms with E-state index in [9.17, 15) is 14.0 Å². The zero-order valence-electron chi connectivity index (χ0n) is 22.0. The third kappa shape index (κ3) is 7.34. The van der Waals surface area contributed by atoms with Gasteiger partial charge in [0.15, 0.2) is 11.5 Å². The van der Waals surface area contributed by atoms with Gasteiger partial charge in [0.1, 0.15) is 25.1 Å². The molecule has 3 aromatic carbocycles. The minimum absolute atomic E-state index is 0.0266. The summed E-state index contributed by atoms with van der Waals surface area (Å²) in [7, 11) is 0. The van der Waals surface area contributed by atoms with Crippen LogP contribution in [0.3, 0.4) is 0 Å². The quantitative estimate of drug-likeness (QED) is 0.384. The van der Waals surface area contributed by atoms with Crippen molar-refractivity contribution in [1.29, 1.82) is 0 Å². The Labute approximate surface area is 223 Å². The van der Waals surface area contributed by atoms with E-state index < -0.39 is 6.04 Å². The molecule has 4 rings (SSSR count). The van der Waals surface area contributed by atoms with Crippen molar-refractivity contribution >= 4 is 11.8 Å². The number of nitrogens with one attached hydrogen (secondary N) is 1. The molecule has 0 fully saturated rings. The SMILES string of the molecule is CC[C@H](C)NC(=O)[C@@H](Cc1ccccc1)N(Cc1ccc(F)cc1)C(=O)CCc1ccc2c(c1)OCCO2. The maximum atomic E-state index is 13.8. The van der Waals surface area contributed by atoms with E-state index in [-0.39, 0.29) is 36.6 Å². The molecule has 0 aliphatic carbocycles. The van der Waals surface area contributed by atoms with Crippen molar-refractivity contribution in [3.8, 4) is 11.5 Å². The lowest BCUT2D eigenvalue weighted by Crippen LogP contribution is -2.52. The number of hydrogen-bond donors (Lipinski definition) is 1. The average Bonchev–Trinajstić information content (AvgIpc) is 2.94. The molecule has 0 aromatic heterocycles. The number of benzene rings is 3. The second kappa shape index (κ2) is 13.1. The number of rotatable bonds is 11. The molecular weight excluding hydrogens is 483 g/mol. The van der Waals surface area contributed by atoms with Crippen molar-refractivity contribution in [2.75, 3.05) is 13.2 Å². The summed E-state index contributed by atoms with van der Waals surface area (Å²) in [5.41, 5.74) is 2.67. The van der Waals surface area contributed by atoms with Gasteiger partial charge in [0.25, 0.3) is 0 Å². The number of hydrogen-bond acceptors (Lipinski definition) is 4. The van der Waals surface area contributed by atoms with Crippen molar-refractivity contribution in [1.82, 2.24) is 10.2 Å². The topological polar surface area (TPSA) is 67.9 Å². The molecule has 1 aliphatic rings. The van der Waals surface area contributed by atoms with Crippen molar-refractivity contribution in [3.63, 3.8) is 0 Å². The van der Waals surface area contributed by atoms with E-state index in [2.05, 4.69) is 5.32 Å². The molecule has 2 atom stereocenters. The van der Waals surface area contributed by atoms with Crippen LogP contribution in [0.15, 0.2) is 72.8 Å². The summed E-state index contributed by atoms with van der Waals surface area (Å²) in [5, 5.41) is 3.06. The molecule has 0 saturated carbocycles. The number of carbonyl (C=O) groups excluding carboxylic acids is 2. The molecule has 0 spiro atoms. The minimum atomic E-state index is -0.718. The van der Waals surface area contributed by atoms with Crippen LogP contribution in [0.2, 0.25) is 0 Å². The summed E-state index contributed by atoms with van der Waals surface area (Å²) in [5.74, 6) is 0.691. The highest BCUT2D eigenvalue weighted by atomic mass is 19.1. The predicted octanol–water partition coefficient (Wildman–Crippen LogP) is 5.08. The maximum Gasteiger partial charge on any atom is 0.243 e. The van der Waals surface area contributed by atoms with Crippen LogP contribution in [0.5, 0.6) is 11.5 Å². The van der Waals surface area contributed by atoms with Gasteiger partial charge in [-0.15, -0.1) is 0 Å². The standard InChI is InChI=1S/C31H35FN2O4/c1-3-22(2)33-31(36)27(19-23-7-5-4-6-8-23)34(21-25-9-13-26(32)14-10-25)30(35)16-12-24-11-15-28-29(20-24)38-18-17-37-28/h4-11,13-15,20,22,27H,3,12,16-19,21H2,1-2H3,(H,33,36)/t22-,27+/m0/s1. The Balaban J connectivity index is 1.59. The van der Waals surface area contributed by atoms with Crippen LogP contribution < -0.4 is 14.8 Å². The van der Waals surface area contributed by atoms with Gasteiger partial charge in [-0.25, -0.2) is 4.39 Å². The first-order valence-electron chi connectivity index (χ1n) is 13.2. The third-order valence-electron chi connectivity index (χ3n) is 6.77. The average molecular weight is 519 g/mol. The van der Waals surface area contributed by atoms with Crippen LogP contribution in [-0.2, 0) is 29.0 Å². The molecule has 1 heterocycles. The van der Waals surface area contributed by atoms with Gasteiger partial charge in [-0.3, -0.25) is 9.59 Å². The molecule has 0 unspecified atom stereocenters. The van der Waals surface area contributed by atoms with E-state index in [1.165, 1.54) is 12.1 Å². The van der Waals surface area contributed by atoms with E-state index in [1.807, 2.05) is 62.4 Å². The van der Waals surface area contributed by atoms with E-state index in [0.29, 0.717) is 37.6 Å². The molecule has 3 aromatic rings. The Kier molecular flexibility index (Phi) is 9.35. The highest BCUT2D eigenvalue weighted by Crippen LogP contribution is 2.31. The Morgan fingerprint density at radius 1 is 0.921 bits per heavy atom. The summed E-state index contributed by atoms with van der Waals surface area (Å²) in [6.07, 6.45) is 1.85. The number of nitrogens with zero attached hydrogens (tertiary/aromatic N) is 1. The largest absolute Gasteiger partial charge is 0.486 e. The Morgan fingerprint density at radius 3 is 2.32 bits per heavy atom. The Hall–Kier alpha value is -3.87. The van der Waals surface area contributed by atoms with Crippen LogP contribution in [0.4, 0.5) is 4.39 Å². The zero-order valence-corrected chi connectivity index (χ0v) is 22.0. The second-order valence-corrected chi connectivity index (χ2v) is 9.65. The number of amides is 2. The molecule has 38 heavy (non-hydrogen) atoms. The number of halogens is 1. The Bertz CT molecular complexity index is 1220. The van der Waals surface area contributed by atoms with Crippen LogP contribution in [0.1, 0.15) is 43.4 Å². The van der Waals surface area contributed by atoms with Gasteiger partial charge in [-0.05, 0) is 60.7 Å². The molecule has 0 radical (unpaired) electrons. The van der Waals surface area contributed by atoms with Gasteiger partial charge < -0.3 is 19.7 Å². The molecule has 1 aliphatic heterocycles. The summed E-state index contributed by atoms with van der Waals surface area (Å²) in [4.78, 5) is 29.0. The summed E-state index contributed by atoms with van der Waals surface area (Å²) >= 11 is 0. The molecule has 0 saturated heterocycles. The first-order valence-corrected chi connectivity index (χ1v) is 13.2. The predicted molar refractivity (Wildman–Crippen MR) is 145 cm³/mol. The van der Waals surface area contributed by atoms with Gasteiger partial charge in [0.2, 0.25) is 11.8 Å². The molecule has 6 nitrogen and oxygen atoms in total.